The van der Waals surface area contributed by atoms with Gasteiger partial charge < -0.3 is 10.2 Å². The monoisotopic (exact) mass is 408 g/mol. The van der Waals surface area contributed by atoms with Crippen molar-refractivity contribution in [3.63, 3.8) is 0 Å². The zero-order valence-corrected chi connectivity index (χ0v) is 16.5. The van der Waals surface area contributed by atoms with Gasteiger partial charge in [0.2, 0.25) is 5.91 Å². The van der Waals surface area contributed by atoms with Crippen molar-refractivity contribution in [2.45, 2.75) is 18.6 Å². The van der Waals surface area contributed by atoms with Gasteiger partial charge in [0.1, 0.15) is 5.82 Å². The molecule has 1 aliphatic rings. The molecule has 144 valence electrons. The zero-order valence-electron chi connectivity index (χ0n) is 14.9. The number of halogens is 2. The molecule has 0 unspecified atom stereocenters. The van der Waals surface area contributed by atoms with Gasteiger partial charge in [0.25, 0.3) is 0 Å². The molecule has 1 fully saturated rings. The van der Waals surface area contributed by atoms with Gasteiger partial charge in [-0.1, -0.05) is 29.8 Å². The highest BCUT2D eigenvalue weighted by Gasteiger charge is 2.26. The molecule has 1 aromatic carbocycles. The summed E-state index contributed by atoms with van der Waals surface area (Å²) in [6, 6.07) is 10.3. The number of hydrogen-bond donors (Lipinski definition) is 1. The lowest BCUT2D eigenvalue weighted by molar-refractivity contribution is -0.125. The molecule has 5 nitrogen and oxygen atoms in total. The molecule has 0 spiro atoms. The molecule has 2 aromatic rings. The van der Waals surface area contributed by atoms with Crippen LogP contribution in [0.5, 0.6) is 0 Å². The Bertz CT molecular complexity index is 762. The first-order valence-electron chi connectivity index (χ1n) is 8.96. The Morgan fingerprint density at radius 2 is 2.15 bits per heavy atom. The van der Waals surface area contributed by atoms with Crippen LogP contribution in [0.15, 0.2) is 36.4 Å². The zero-order chi connectivity index (χ0) is 19.1. The first-order valence-corrected chi connectivity index (χ1v) is 10.5. The molecule has 1 aliphatic heterocycles. The second-order valence-electron chi connectivity index (χ2n) is 6.43. The van der Waals surface area contributed by atoms with Crippen molar-refractivity contribution in [2.24, 2.45) is 5.92 Å². The van der Waals surface area contributed by atoms with E-state index in [0.717, 1.165) is 31.0 Å². The number of rotatable bonds is 7. The number of nitrogens with one attached hydrogen (secondary N) is 1. The van der Waals surface area contributed by atoms with Crippen LogP contribution in [0.1, 0.15) is 18.4 Å². The third kappa shape index (κ3) is 5.81. The maximum absolute atomic E-state index is 13.6. The van der Waals surface area contributed by atoms with Crippen LogP contribution in [0, 0.1) is 11.7 Å². The van der Waals surface area contributed by atoms with Crippen LogP contribution < -0.4 is 10.2 Å². The van der Waals surface area contributed by atoms with Gasteiger partial charge in [0.15, 0.2) is 11.0 Å². The Labute approximate surface area is 167 Å². The number of amides is 1. The number of piperidine rings is 1. The van der Waals surface area contributed by atoms with Crippen LogP contribution in [0.2, 0.25) is 5.15 Å². The van der Waals surface area contributed by atoms with Gasteiger partial charge >= 0.3 is 0 Å². The van der Waals surface area contributed by atoms with Crippen LogP contribution in [-0.2, 0) is 10.5 Å². The molecule has 0 aliphatic carbocycles. The number of aromatic nitrogens is 2. The Morgan fingerprint density at radius 1 is 1.30 bits per heavy atom. The minimum atomic E-state index is -0.179. The van der Waals surface area contributed by atoms with Crippen molar-refractivity contribution in [1.82, 2.24) is 15.5 Å². The molecule has 1 atom stereocenters. The van der Waals surface area contributed by atoms with E-state index in [-0.39, 0.29) is 17.6 Å². The predicted molar refractivity (Wildman–Crippen MR) is 108 cm³/mol. The SMILES string of the molecule is O=C(NCCSCc1ccccc1F)[C@@H]1CCCN(c2ccc(Cl)nn2)C1. The third-order valence-corrected chi connectivity index (χ3v) is 5.70. The van der Waals surface area contributed by atoms with Crippen molar-refractivity contribution in [1.29, 1.82) is 0 Å². The molecule has 0 saturated carbocycles. The van der Waals surface area contributed by atoms with Crippen LogP contribution >= 0.6 is 23.4 Å². The molecule has 8 heteroatoms. The fourth-order valence-electron chi connectivity index (χ4n) is 3.07. The smallest absolute Gasteiger partial charge is 0.224 e. The van der Waals surface area contributed by atoms with Crippen LogP contribution in [0.4, 0.5) is 10.2 Å². The summed E-state index contributed by atoms with van der Waals surface area (Å²) in [6.07, 6.45) is 1.80. The number of carbonyl (C=O) groups is 1. The number of anilines is 1. The Hall–Kier alpha value is -1.86. The number of hydrogen-bond acceptors (Lipinski definition) is 5. The van der Waals surface area contributed by atoms with Gasteiger partial charge in [-0.15, -0.1) is 10.2 Å². The molecule has 3 rings (SSSR count). The summed E-state index contributed by atoms with van der Waals surface area (Å²) in [6.45, 7) is 2.07. The van der Waals surface area contributed by atoms with Crippen molar-refractivity contribution in [3.8, 4) is 0 Å². The highest BCUT2D eigenvalue weighted by atomic mass is 35.5. The van der Waals surface area contributed by atoms with Crippen LogP contribution in [0.25, 0.3) is 0 Å². The average molecular weight is 409 g/mol. The van der Waals surface area contributed by atoms with Gasteiger partial charge in [0, 0.05) is 31.1 Å². The van der Waals surface area contributed by atoms with Crippen LogP contribution in [0.3, 0.4) is 0 Å². The first-order chi connectivity index (χ1) is 13.1. The fourth-order valence-corrected chi connectivity index (χ4v) is 4.01. The van der Waals surface area contributed by atoms with E-state index < -0.39 is 0 Å². The van der Waals surface area contributed by atoms with E-state index in [9.17, 15) is 9.18 Å². The van der Waals surface area contributed by atoms with Crippen molar-refractivity contribution in [3.05, 3.63) is 52.9 Å². The molecule has 1 saturated heterocycles. The lowest BCUT2D eigenvalue weighted by atomic mass is 9.97. The van der Waals surface area contributed by atoms with Gasteiger partial charge in [-0.2, -0.15) is 11.8 Å². The lowest BCUT2D eigenvalue weighted by Crippen LogP contribution is -2.43. The van der Waals surface area contributed by atoms with Crippen LogP contribution in [-0.4, -0.2) is 41.5 Å². The quantitative estimate of drug-likeness (QED) is 0.710. The average Bonchev–Trinajstić information content (AvgIpc) is 2.69. The molecule has 0 bridgehead atoms. The Balaban J connectivity index is 1.40. The van der Waals surface area contributed by atoms with E-state index in [1.165, 1.54) is 6.07 Å². The summed E-state index contributed by atoms with van der Waals surface area (Å²) in [7, 11) is 0. The minimum absolute atomic E-state index is 0.0622. The minimum Gasteiger partial charge on any atom is -0.355 e. The summed E-state index contributed by atoms with van der Waals surface area (Å²) < 4.78 is 13.6. The lowest BCUT2D eigenvalue weighted by Gasteiger charge is -2.32. The molecule has 2 heterocycles. The van der Waals surface area contributed by atoms with Gasteiger partial charge in [-0.05, 0) is 36.6 Å². The van der Waals surface area contributed by atoms with E-state index in [1.807, 2.05) is 12.1 Å². The summed E-state index contributed by atoms with van der Waals surface area (Å²) in [5, 5.41) is 11.3. The maximum Gasteiger partial charge on any atom is 0.224 e. The van der Waals surface area contributed by atoms with Gasteiger partial charge in [-0.3, -0.25) is 4.79 Å². The van der Waals surface area contributed by atoms with Crippen molar-refractivity contribution >= 4 is 35.1 Å². The van der Waals surface area contributed by atoms with Crippen molar-refractivity contribution < 1.29 is 9.18 Å². The number of benzene rings is 1. The summed E-state index contributed by atoms with van der Waals surface area (Å²) >= 11 is 7.39. The third-order valence-electron chi connectivity index (χ3n) is 4.50. The van der Waals surface area contributed by atoms with E-state index in [1.54, 1.807) is 30.0 Å². The molecule has 1 amide bonds. The number of thioether (sulfide) groups is 1. The maximum atomic E-state index is 13.6. The molecular weight excluding hydrogens is 387 g/mol. The summed E-state index contributed by atoms with van der Waals surface area (Å²) in [4.78, 5) is 14.5. The van der Waals surface area contributed by atoms with Gasteiger partial charge in [-0.25, -0.2) is 4.39 Å². The Morgan fingerprint density at radius 3 is 2.93 bits per heavy atom. The van der Waals surface area contributed by atoms with E-state index >= 15 is 0 Å². The van der Waals surface area contributed by atoms with E-state index in [2.05, 4.69) is 20.4 Å². The molecular formula is C19H22ClFN4OS. The standard InChI is InChI=1S/C19H22ClFN4OS/c20-17-7-8-18(24-23-17)25-10-3-5-14(12-25)19(26)22-9-11-27-13-15-4-1-2-6-16(15)21/h1-2,4,6-8,14H,3,5,9-13H2,(H,22,26)/t14-/m1/s1. The van der Waals surface area contributed by atoms with E-state index in [0.29, 0.717) is 29.6 Å². The molecule has 27 heavy (non-hydrogen) atoms. The summed E-state index contributed by atoms with van der Waals surface area (Å²) in [5.74, 6) is 1.92. The Kier molecular flexibility index (Phi) is 7.29. The first kappa shape index (κ1) is 19.9. The van der Waals surface area contributed by atoms with E-state index in [4.69, 9.17) is 11.6 Å². The predicted octanol–water partition coefficient (Wildman–Crippen LogP) is 3.54. The summed E-state index contributed by atoms with van der Waals surface area (Å²) in [5.41, 5.74) is 0.695. The second kappa shape index (κ2) is 9.90. The topological polar surface area (TPSA) is 58.1 Å². The molecule has 0 radical (unpaired) electrons. The highest BCUT2D eigenvalue weighted by molar-refractivity contribution is 7.98. The molecule has 1 N–H and O–H groups in total. The fraction of sp³-hybridized carbons (Fsp3) is 0.421. The molecule has 1 aromatic heterocycles. The normalized spacial score (nSPS) is 17.0. The largest absolute Gasteiger partial charge is 0.355 e. The second-order valence-corrected chi connectivity index (χ2v) is 7.93. The number of carbonyl (C=O) groups excluding carboxylic acids is 1. The highest BCUT2D eigenvalue weighted by Crippen LogP contribution is 2.22. The number of nitrogens with zero attached hydrogens (tertiary/aromatic N) is 3. The van der Waals surface area contributed by atoms with Crippen molar-refractivity contribution in [2.75, 3.05) is 30.3 Å². The van der Waals surface area contributed by atoms with Gasteiger partial charge in [0.05, 0.1) is 5.92 Å².